The first kappa shape index (κ1) is 12.0. The molecule has 1 aromatic carbocycles. The van der Waals surface area contributed by atoms with Crippen molar-refractivity contribution in [2.75, 3.05) is 18.0 Å². The van der Waals surface area contributed by atoms with Gasteiger partial charge in [-0.1, -0.05) is 11.6 Å². The van der Waals surface area contributed by atoms with E-state index in [0.717, 1.165) is 36.3 Å². The van der Waals surface area contributed by atoms with E-state index in [1.807, 2.05) is 13.0 Å². The third kappa shape index (κ3) is 2.44. The average molecular weight is 252 g/mol. The third-order valence-corrected chi connectivity index (χ3v) is 3.32. The maximum absolute atomic E-state index is 10.9. The molecule has 2 rings (SSSR count). The zero-order valence-electron chi connectivity index (χ0n) is 9.61. The number of benzene rings is 1. The van der Waals surface area contributed by atoms with Crippen molar-refractivity contribution < 1.29 is 9.90 Å². The van der Waals surface area contributed by atoms with Crippen molar-refractivity contribution in [3.63, 3.8) is 0 Å². The van der Waals surface area contributed by atoms with Gasteiger partial charge in [0.2, 0.25) is 0 Å². The Morgan fingerprint density at radius 3 is 3.00 bits per heavy atom. The summed E-state index contributed by atoms with van der Waals surface area (Å²) >= 11 is 5.66. The Bertz CT molecular complexity index is 482. The number of anilines is 1. The fourth-order valence-electron chi connectivity index (χ4n) is 2.10. The van der Waals surface area contributed by atoms with E-state index in [1.54, 1.807) is 17.7 Å². The normalized spacial score (nSPS) is 14.9. The SMILES string of the molecule is C/C(=C/Cl)CN1CCc2cc(C(=O)O)ccc21. The lowest BCUT2D eigenvalue weighted by Gasteiger charge is -2.19. The molecule has 1 N–H and O–H groups in total. The van der Waals surface area contributed by atoms with Crippen LogP contribution in [0.2, 0.25) is 0 Å². The van der Waals surface area contributed by atoms with Crippen LogP contribution in [0.4, 0.5) is 5.69 Å². The molecule has 0 saturated heterocycles. The molecule has 0 bridgehead atoms. The van der Waals surface area contributed by atoms with Crippen molar-refractivity contribution in [1.29, 1.82) is 0 Å². The van der Waals surface area contributed by atoms with Gasteiger partial charge in [0.1, 0.15) is 0 Å². The quantitative estimate of drug-likeness (QED) is 0.898. The number of hydrogen-bond acceptors (Lipinski definition) is 2. The van der Waals surface area contributed by atoms with E-state index in [2.05, 4.69) is 4.90 Å². The summed E-state index contributed by atoms with van der Waals surface area (Å²) in [5.74, 6) is -0.872. The van der Waals surface area contributed by atoms with E-state index in [-0.39, 0.29) is 0 Å². The number of hydrogen-bond donors (Lipinski definition) is 1. The van der Waals surface area contributed by atoms with Crippen molar-refractivity contribution in [2.45, 2.75) is 13.3 Å². The van der Waals surface area contributed by atoms with Gasteiger partial charge in [-0.15, -0.1) is 0 Å². The highest BCUT2D eigenvalue weighted by molar-refractivity contribution is 6.25. The van der Waals surface area contributed by atoms with Gasteiger partial charge in [-0.25, -0.2) is 4.79 Å². The molecule has 0 spiro atoms. The Morgan fingerprint density at radius 1 is 1.59 bits per heavy atom. The minimum atomic E-state index is -0.872. The standard InChI is InChI=1S/C13H14ClNO2/c1-9(7-14)8-15-5-4-10-6-11(13(16)17)2-3-12(10)15/h2-3,6-7H,4-5,8H2,1H3,(H,16,17)/b9-7-. The van der Waals surface area contributed by atoms with Crippen LogP contribution in [0.15, 0.2) is 29.3 Å². The number of carboxylic acid groups (broad SMARTS) is 1. The minimum Gasteiger partial charge on any atom is -0.478 e. The number of nitrogens with zero attached hydrogens (tertiary/aromatic N) is 1. The molecular weight excluding hydrogens is 238 g/mol. The zero-order valence-corrected chi connectivity index (χ0v) is 10.4. The van der Waals surface area contributed by atoms with Gasteiger partial charge in [-0.3, -0.25) is 0 Å². The van der Waals surface area contributed by atoms with Gasteiger partial charge >= 0.3 is 5.97 Å². The van der Waals surface area contributed by atoms with Gasteiger partial charge < -0.3 is 10.0 Å². The second-order valence-corrected chi connectivity index (χ2v) is 4.49. The van der Waals surface area contributed by atoms with E-state index in [1.165, 1.54) is 0 Å². The van der Waals surface area contributed by atoms with Crippen LogP contribution in [0.25, 0.3) is 0 Å². The predicted molar refractivity (Wildman–Crippen MR) is 68.9 cm³/mol. The molecular formula is C13H14ClNO2. The topological polar surface area (TPSA) is 40.5 Å². The molecule has 0 saturated carbocycles. The minimum absolute atomic E-state index is 0.357. The summed E-state index contributed by atoms with van der Waals surface area (Å²) < 4.78 is 0. The molecule has 1 aromatic rings. The molecule has 0 atom stereocenters. The van der Waals surface area contributed by atoms with Crippen LogP contribution in [0.3, 0.4) is 0 Å². The van der Waals surface area contributed by atoms with Gasteiger partial charge in [0, 0.05) is 24.3 Å². The fourth-order valence-corrected chi connectivity index (χ4v) is 2.17. The van der Waals surface area contributed by atoms with Gasteiger partial charge in [-0.05, 0) is 42.7 Å². The van der Waals surface area contributed by atoms with Crippen molar-refractivity contribution in [3.05, 3.63) is 40.4 Å². The Hall–Kier alpha value is -1.48. The van der Waals surface area contributed by atoms with E-state index >= 15 is 0 Å². The largest absolute Gasteiger partial charge is 0.478 e. The number of halogens is 1. The first-order valence-electron chi connectivity index (χ1n) is 5.49. The fraction of sp³-hybridized carbons (Fsp3) is 0.308. The summed E-state index contributed by atoms with van der Waals surface area (Å²) in [5.41, 5.74) is 5.26. The van der Waals surface area contributed by atoms with E-state index in [4.69, 9.17) is 16.7 Å². The second-order valence-electron chi connectivity index (χ2n) is 4.28. The molecule has 0 unspecified atom stereocenters. The molecule has 17 heavy (non-hydrogen) atoms. The molecule has 1 aliphatic heterocycles. The lowest BCUT2D eigenvalue weighted by atomic mass is 10.1. The van der Waals surface area contributed by atoms with E-state index < -0.39 is 5.97 Å². The van der Waals surface area contributed by atoms with Crippen LogP contribution in [-0.2, 0) is 6.42 Å². The number of carboxylic acids is 1. The van der Waals surface area contributed by atoms with Gasteiger partial charge in [-0.2, -0.15) is 0 Å². The van der Waals surface area contributed by atoms with Gasteiger partial charge in [0.05, 0.1) is 5.56 Å². The van der Waals surface area contributed by atoms with Crippen LogP contribution >= 0.6 is 11.6 Å². The van der Waals surface area contributed by atoms with Crippen molar-refractivity contribution in [3.8, 4) is 0 Å². The van der Waals surface area contributed by atoms with Crippen LogP contribution in [0.1, 0.15) is 22.8 Å². The molecule has 0 radical (unpaired) electrons. The lowest BCUT2D eigenvalue weighted by Crippen LogP contribution is -2.22. The van der Waals surface area contributed by atoms with Crippen molar-refractivity contribution in [2.24, 2.45) is 0 Å². The van der Waals surface area contributed by atoms with Crippen LogP contribution in [-0.4, -0.2) is 24.2 Å². The smallest absolute Gasteiger partial charge is 0.335 e. The molecule has 1 heterocycles. The zero-order chi connectivity index (χ0) is 12.4. The summed E-state index contributed by atoms with van der Waals surface area (Å²) in [4.78, 5) is 13.1. The van der Waals surface area contributed by atoms with E-state index in [9.17, 15) is 4.79 Å². The molecule has 1 aliphatic rings. The Morgan fingerprint density at radius 2 is 2.35 bits per heavy atom. The summed E-state index contributed by atoms with van der Waals surface area (Å²) in [6.07, 6.45) is 0.895. The molecule has 0 fully saturated rings. The first-order chi connectivity index (χ1) is 8.11. The summed E-state index contributed by atoms with van der Waals surface area (Å²) in [6, 6.07) is 5.30. The third-order valence-electron chi connectivity index (χ3n) is 2.94. The Kier molecular flexibility index (Phi) is 3.38. The number of rotatable bonds is 3. The number of carbonyl (C=O) groups is 1. The number of fused-ring (bicyclic) bond motifs is 1. The highest BCUT2D eigenvalue weighted by Crippen LogP contribution is 2.29. The van der Waals surface area contributed by atoms with Gasteiger partial charge in [0.15, 0.2) is 0 Å². The predicted octanol–water partition coefficient (Wildman–Crippen LogP) is 2.89. The molecule has 90 valence electrons. The monoisotopic (exact) mass is 251 g/mol. The van der Waals surface area contributed by atoms with Crippen molar-refractivity contribution in [1.82, 2.24) is 0 Å². The molecule has 3 nitrogen and oxygen atoms in total. The Labute approximate surface area is 105 Å². The summed E-state index contributed by atoms with van der Waals surface area (Å²) in [5, 5.41) is 8.93. The van der Waals surface area contributed by atoms with Crippen LogP contribution < -0.4 is 4.90 Å². The summed E-state index contributed by atoms with van der Waals surface area (Å²) in [7, 11) is 0. The molecule has 4 heteroatoms. The average Bonchev–Trinajstić information content (AvgIpc) is 2.71. The summed E-state index contributed by atoms with van der Waals surface area (Å²) in [6.45, 7) is 3.69. The first-order valence-corrected chi connectivity index (χ1v) is 5.92. The second kappa shape index (κ2) is 4.80. The molecule has 0 aliphatic carbocycles. The maximum atomic E-state index is 10.9. The van der Waals surface area contributed by atoms with Crippen LogP contribution in [0.5, 0.6) is 0 Å². The lowest BCUT2D eigenvalue weighted by molar-refractivity contribution is 0.0697. The highest BCUT2D eigenvalue weighted by atomic mass is 35.5. The Balaban J connectivity index is 2.25. The van der Waals surface area contributed by atoms with Gasteiger partial charge in [0.25, 0.3) is 0 Å². The van der Waals surface area contributed by atoms with E-state index in [0.29, 0.717) is 5.56 Å². The van der Waals surface area contributed by atoms with Crippen LogP contribution in [0, 0.1) is 0 Å². The van der Waals surface area contributed by atoms with Crippen molar-refractivity contribution >= 4 is 23.3 Å². The highest BCUT2D eigenvalue weighted by Gasteiger charge is 2.20. The molecule has 0 amide bonds. The number of aromatic carboxylic acids is 1. The maximum Gasteiger partial charge on any atom is 0.335 e. The molecule has 0 aromatic heterocycles.